The van der Waals surface area contributed by atoms with Crippen LogP contribution in [0.25, 0.3) is 16.5 Å². The molecule has 0 unspecified atom stereocenters. The SMILES string of the molecule is O=C(Nc1cccc(Cl)c1F)c1nn(-c2ccccc2)c(=O)c2ccccc12. The number of anilines is 1. The van der Waals surface area contributed by atoms with Gasteiger partial charge in [-0.1, -0.05) is 54.1 Å². The van der Waals surface area contributed by atoms with Gasteiger partial charge >= 0.3 is 0 Å². The lowest BCUT2D eigenvalue weighted by Crippen LogP contribution is -2.26. The summed E-state index contributed by atoms with van der Waals surface area (Å²) in [6.07, 6.45) is 0. The minimum absolute atomic E-state index is 0.00146. The molecule has 0 aliphatic heterocycles. The first-order valence-electron chi connectivity index (χ1n) is 8.39. The molecule has 0 fully saturated rings. The smallest absolute Gasteiger partial charge is 0.279 e. The van der Waals surface area contributed by atoms with Crippen LogP contribution in [0.3, 0.4) is 0 Å². The normalized spacial score (nSPS) is 10.8. The van der Waals surface area contributed by atoms with Gasteiger partial charge in [-0.2, -0.15) is 9.78 Å². The standard InChI is InChI=1S/C21H13ClFN3O2/c22-16-11-6-12-17(18(16)23)24-20(27)19-14-9-4-5-10-15(14)21(28)26(25-19)13-7-2-1-3-8-13/h1-12H,(H,24,27). The van der Waals surface area contributed by atoms with Gasteiger partial charge in [0.2, 0.25) is 0 Å². The van der Waals surface area contributed by atoms with E-state index in [2.05, 4.69) is 10.4 Å². The fourth-order valence-corrected chi connectivity index (χ4v) is 3.06. The Balaban J connectivity index is 1.88. The number of hydrogen-bond acceptors (Lipinski definition) is 3. The lowest BCUT2D eigenvalue weighted by Gasteiger charge is -2.12. The molecule has 1 amide bonds. The third-order valence-corrected chi connectivity index (χ3v) is 4.51. The zero-order valence-corrected chi connectivity index (χ0v) is 15.2. The fraction of sp³-hybridized carbons (Fsp3) is 0. The summed E-state index contributed by atoms with van der Waals surface area (Å²) >= 11 is 5.78. The van der Waals surface area contributed by atoms with Crippen molar-refractivity contribution in [3.63, 3.8) is 0 Å². The van der Waals surface area contributed by atoms with Crippen molar-refractivity contribution in [2.75, 3.05) is 5.32 Å². The van der Waals surface area contributed by atoms with Crippen LogP contribution in [0.1, 0.15) is 10.5 Å². The number of aromatic nitrogens is 2. The summed E-state index contributed by atoms with van der Waals surface area (Å²) in [5.74, 6) is -1.39. The zero-order valence-electron chi connectivity index (χ0n) is 14.4. The van der Waals surface area contributed by atoms with E-state index in [1.807, 2.05) is 6.07 Å². The van der Waals surface area contributed by atoms with Crippen LogP contribution >= 0.6 is 11.6 Å². The van der Waals surface area contributed by atoms with Crippen LogP contribution in [-0.4, -0.2) is 15.7 Å². The van der Waals surface area contributed by atoms with E-state index in [4.69, 9.17) is 11.6 Å². The Morgan fingerprint density at radius 1 is 0.929 bits per heavy atom. The Kier molecular flexibility index (Phi) is 4.63. The molecule has 0 saturated heterocycles. The van der Waals surface area contributed by atoms with E-state index in [1.54, 1.807) is 48.5 Å². The molecule has 138 valence electrons. The topological polar surface area (TPSA) is 64.0 Å². The number of carbonyl (C=O) groups is 1. The molecule has 4 aromatic rings. The average Bonchev–Trinajstić information content (AvgIpc) is 2.72. The van der Waals surface area contributed by atoms with Gasteiger partial charge in [0.25, 0.3) is 11.5 Å². The molecule has 0 aliphatic carbocycles. The quantitative estimate of drug-likeness (QED) is 0.560. The Labute approximate surface area is 164 Å². The third kappa shape index (κ3) is 3.14. The summed E-state index contributed by atoms with van der Waals surface area (Å²) < 4.78 is 15.3. The second-order valence-electron chi connectivity index (χ2n) is 6.00. The second kappa shape index (κ2) is 7.25. The van der Waals surface area contributed by atoms with Crippen LogP contribution in [0.4, 0.5) is 10.1 Å². The number of halogens is 2. The predicted molar refractivity (Wildman–Crippen MR) is 107 cm³/mol. The predicted octanol–water partition coefficient (Wildman–Crippen LogP) is 4.43. The van der Waals surface area contributed by atoms with Crippen molar-refractivity contribution in [2.45, 2.75) is 0 Å². The first-order chi connectivity index (χ1) is 13.6. The van der Waals surface area contributed by atoms with E-state index in [0.717, 1.165) is 4.68 Å². The molecule has 7 heteroatoms. The number of hydrogen-bond donors (Lipinski definition) is 1. The van der Waals surface area contributed by atoms with Gasteiger partial charge in [-0.05, 0) is 30.3 Å². The largest absolute Gasteiger partial charge is 0.318 e. The van der Waals surface area contributed by atoms with Gasteiger partial charge in [-0.25, -0.2) is 4.39 Å². The molecular formula is C21H13ClFN3O2. The number of rotatable bonds is 3. The maximum Gasteiger partial charge on any atom is 0.279 e. The number of benzene rings is 3. The Hall–Kier alpha value is -3.51. The Bertz CT molecular complexity index is 1260. The number of carbonyl (C=O) groups excluding carboxylic acids is 1. The van der Waals surface area contributed by atoms with Gasteiger partial charge in [-0.15, -0.1) is 0 Å². The van der Waals surface area contributed by atoms with Crippen molar-refractivity contribution >= 4 is 34.0 Å². The van der Waals surface area contributed by atoms with E-state index in [9.17, 15) is 14.0 Å². The van der Waals surface area contributed by atoms with Crippen LogP contribution in [0.5, 0.6) is 0 Å². The van der Waals surface area contributed by atoms with Crippen LogP contribution in [0, 0.1) is 5.82 Å². The van der Waals surface area contributed by atoms with Crippen molar-refractivity contribution in [2.24, 2.45) is 0 Å². The molecule has 0 radical (unpaired) electrons. The highest BCUT2D eigenvalue weighted by molar-refractivity contribution is 6.31. The maximum atomic E-state index is 14.2. The van der Waals surface area contributed by atoms with E-state index in [1.165, 1.54) is 18.2 Å². The molecule has 3 aromatic carbocycles. The number of fused-ring (bicyclic) bond motifs is 1. The molecule has 28 heavy (non-hydrogen) atoms. The fourth-order valence-electron chi connectivity index (χ4n) is 2.88. The monoisotopic (exact) mass is 393 g/mol. The summed E-state index contributed by atoms with van der Waals surface area (Å²) in [6.45, 7) is 0. The van der Waals surface area contributed by atoms with E-state index in [0.29, 0.717) is 16.5 Å². The molecule has 0 saturated carbocycles. The lowest BCUT2D eigenvalue weighted by atomic mass is 10.1. The third-order valence-electron chi connectivity index (χ3n) is 4.22. The Morgan fingerprint density at radius 3 is 2.36 bits per heavy atom. The van der Waals surface area contributed by atoms with Crippen LogP contribution in [0.2, 0.25) is 5.02 Å². The van der Waals surface area contributed by atoms with Gasteiger partial charge < -0.3 is 5.32 Å². The van der Waals surface area contributed by atoms with E-state index >= 15 is 0 Å². The van der Waals surface area contributed by atoms with Crippen molar-refractivity contribution < 1.29 is 9.18 Å². The van der Waals surface area contributed by atoms with Crippen LogP contribution in [0.15, 0.2) is 77.6 Å². The highest BCUT2D eigenvalue weighted by atomic mass is 35.5. The van der Waals surface area contributed by atoms with E-state index in [-0.39, 0.29) is 22.0 Å². The molecule has 1 aromatic heterocycles. The summed E-state index contributed by atoms with van der Waals surface area (Å²) in [7, 11) is 0. The highest BCUT2D eigenvalue weighted by Gasteiger charge is 2.19. The highest BCUT2D eigenvalue weighted by Crippen LogP contribution is 2.23. The maximum absolute atomic E-state index is 14.2. The van der Waals surface area contributed by atoms with Gasteiger partial charge in [0.1, 0.15) is 0 Å². The molecular weight excluding hydrogens is 381 g/mol. The average molecular weight is 394 g/mol. The number of nitrogens with zero attached hydrogens (tertiary/aromatic N) is 2. The summed E-state index contributed by atoms with van der Waals surface area (Å²) in [5, 5.41) is 7.34. The summed E-state index contributed by atoms with van der Waals surface area (Å²) in [5.41, 5.74) is 0.0906. The minimum Gasteiger partial charge on any atom is -0.318 e. The van der Waals surface area contributed by atoms with Gasteiger partial charge in [-0.3, -0.25) is 9.59 Å². The van der Waals surface area contributed by atoms with Crippen molar-refractivity contribution in [3.8, 4) is 5.69 Å². The van der Waals surface area contributed by atoms with Crippen molar-refractivity contribution in [1.82, 2.24) is 9.78 Å². The minimum atomic E-state index is -0.738. The molecule has 0 atom stereocenters. The first-order valence-corrected chi connectivity index (χ1v) is 8.77. The molecule has 1 N–H and O–H groups in total. The number of amides is 1. The molecule has 0 bridgehead atoms. The molecule has 5 nitrogen and oxygen atoms in total. The first kappa shape index (κ1) is 17.9. The Morgan fingerprint density at radius 2 is 1.61 bits per heavy atom. The molecule has 1 heterocycles. The summed E-state index contributed by atoms with van der Waals surface area (Å²) in [6, 6.07) is 19.7. The van der Waals surface area contributed by atoms with E-state index < -0.39 is 11.7 Å². The molecule has 0 spiro atoms. The zero-order chi connectivity index (χ0) is 19.7. The van der Waals surface area contributed by atoms with Gasteiger partial charge in [0, 0.05) is 5.39 Å². The van der Waals surface area contributed by atoms with Gasteiger partial charge in [0.05, 0.1) is 21.8 Å². The number of nitrogens with one attached hydrogen (secondary N) is 1. The number of para-hydroxylation sites is 1. The van der Waals surface area contributed by atoms with Crippen molar-refractivity contribution in [3.05, 3.63) is 99.7 Å². The summed E-state index contributed by atoms with van der Waals surface area (Å²) in [4.78, 5) is 25.7. The van der Waals surface area contributed by atoms with Crippen molar-refractivity contribution in [1.29, 1.82) is 0 Å². The van der Waals surface area contributed by atoms with Gasteiger partial charge in [0.15, 0.2) is 11.5 Å². The molecule has 4 rings (SSSR count). The van der Waals surface area contributed by atoms with Crippen LogP contribution < -0.4 is 10.9 Å². The molecule has 0 aliphatic rings. The van der Waals surface area contributed by atoms with Crippen LogP contribution in [-0.2, 0) is 0 Å². The second-order valence-corrected chi connectivity index (χ2v) is 6.41. The lowest BCUT2D eigenvalue weighted by molar-refractivity contribution is 0.102.